The van der Waals surface area contributed by atoms with E-state index >= 15 is 0 Å². The van der Waals surface area contributed by atoms with Crippen molar-refractivity contribution >= 4 is 11.9 Å². The van der Waals surface area contributed by atoms with Crippen molar-refractivity contribution in [2.75, 3.05) is 0 Å². The number of esters is 1. The molecule has 6 heteroatoms. The van der Waals surface area contributed by atoms with Gasteiger partial charge in [-0.2, -0.15) is 0 Å². The van der Waals surface area contributed by atoms with E-state index in [0.717, 1.165) is 12.8 Å². The number of carbonyl (C=O) groups is 2. The number of hydrogen-bond acceptors (Lipinski definition) is 5. The van der Waals surface area contributed by atoms with Crippen molar-refractivity contribution in [1.29, 1.82) is 0 Å². The second kappa shape index (κ2) is 7.33. The largest absolute Gasteiger partial charge is 0.448 e. The lowest BCUT2D eigenvalue weighted by molar-refractivity contribution is -0.130. The zero-order chi connectivity index (χ0) is 16.1. The van der Waals surface area contributed by atoms with Crippen LogP contribution in [-0.4, -0.2) is 34.0 Å². The van der Waals surface area contributed by atoms with Gasteiger partial charge in [-0.25, -0.2) is 9.78 Å². The Morgan fingerprint density at radius 3 is 2.77 bits per heavy atom. The molecule has 4 atom stereocenters. The van der Waals surface area contributed by atoms with Crippen LogP contribution in [0.3, 0.4) is 0 Å². The van der Waals surface area contributed by atoms with Gasteiger partial charge in [0.25, 0.3) is 5.91 Å². The molecule has 6 nitrogen and oxygen atoms in total. The molecule has 0 bridgehead atoms. The van der Waals surface area contributed by atoms with Crippen molar-refractivity contribution in [3.63, 3.8) is 0 Å². The highest BCUT2D eigenvalue weighted by atomic mass is 16.5. The summed E-state index contributed by atoms with van der Waals surface area (Å²) >= 11 is 0. The molecule has 22 heavy (non-hydrogen) atoms. The second-order valence-electron chi connectivity index (χ2n) is 6.02. The van der Waals surface area contributed by atoms with Crippen LogP contribution in [0, 0.1) is 11.8 Å². The van der Waals surface area contributed by atoms with Gasteiger partial charge >= 0.3 is 5.97 Å². The first kappa shape index (κ1) is 16.4. The molecular weight excluding hydrogens is 282 g/mol. The Balaban J connectivity index is 1.88. The highest BCUT2D eigenvalue weighted by Gasteiger charge is 2.30. The molecule has 120 valence electrons. The Bertz CT molecular complexity index is 521. The molecule has 2 rings (SSSR count). The number of ether oxygens (including phenoxy) is 1. The molecule has 0 unspecified atom stereocenters. The molecular formula is C16H23N3O3. The monoisotopic (exact) mass is 305 g/mol. The molecule has 1 aliphatic carbocycles. The molecule has 0 spiro atoms. The zero-order valence-corrected chi connectivity index (χ0v) is 13.3. The number of hydrogen-bond donors (Lipinski definition) is 1. The average Bonchev–Trinajstić information content (AvgIpc) is 2.52. The maximum absolute atomic E-state index is 12.2. The first-order valence-electron chi connectivity index (χ1n) is 7.76. The third-order valence-corrected chi connectivity index (χ3v) is 4.46. The third kappa shape index (κ3) is 4.02. The van der Waals surface area contributed by atoms with Gasteiger partial charge in [-0.15, -0.1) is 0 Å². The standard InChI is InChI=1S/C16H23N3O3/c1-10-5-4-6-13(11(10)2)19-15(20)12(3)22-16(21)14-9-17-7-8-18-14/h7-13H,4-6H2,1-3H3,(H,19,20)/t10-,11+,12+,13+/m0/s1. The summed E-state index contributed by atoms with van der Waals surface area (Å²) in [5.74, 6) is 0.126. The van der Waals surface area contributed by atoms with Crippen LogP contribution in [0.5, 0.6) is 0 Å². The lowest BCUT2D eigenvalue weighted by Crippen LogP contribution is -2.47. The van der Waals surface area contributed by atoms with Crippen LogP contribution in [0.2, 0.25) is 0 Å². The zero-order valence-electron chi connectivity index (χ0n) is 13.3. The van der Waals surface area contributed by atoms with Crippen LogP contribution in [0.1, 0.15) is 50.5 Å². The minimum absolute atomic E-state index is 0.0989. The highest BCUT2D eigenvalue weighted by Crippen LogP contribution is 2.29. The lowest BCUT2D eigenvalue weighted by atomic mass is 9.78. The summed E-state index contributed by atoms with van der Waals surface area (Å²) in [7, 11) is 0. The summed E-state index contributed by atoms with van der Waals surface area (Å²) in [5, 5.41) is 3.00. The molecule has 1 amide bonds. The summed E-state index contributed by atoms with van der Waals surface area (Å²) in [6.45, 7) is 5.94. The molecule has 1 N–H and O–H groups in total. The second-order valence-corrected chi connectivity index (χ2v) is 6.02. The normalized spacial score (nSPS) is 26.0. The maximum Gasteiger partial charge on any atom is 0.359 e. The first-order chi connectivity index (χ1) is 10.5. The van der Waals surface area contributed by atoms with Crippen molar-refractivity contribution < 1.29 is 14.3 Å². The van der Waals surface area contributed by atoms with E-state index in [-0.39, 0.29) is 17.6 Å². The highest BCUT2D eigenvalue weighted by molar-refractivity contribution is 5.90. The van der Waals surface area contributed by atoms with Gasteiger partial charge in [-0.05, 0) is 25.2 Å². The van der Waals surface area contributed by atoms with Crippen molar-refractivity contribution in [2.24, 2.45) is 11.8 Å². The Labute approximate surface area is 130 Å². The molecule has 1 aliphatic rings. The van der Waals surface area contributed by atoms with E-state index in [2.05, 4.69) is 29.1 Å². The van der Waals surface area contributed by atoms with E-state index in [4.69, 9.17) is 4.74 Å². The van der Waals surface area contributed by atoms with E-state index in [0.29, 0.717) is 11.8 Å². The van der Waals surface area contributed by atoms with Crippen LogP contribution in [-0.2, 0) is 9.53 Å². The summed E-state index contributed by atoms with van der Waals surface area (Å²) in [5.41, 5.74) is 0.0989. The number of nitrogens with zero attached hydrogens (tertiary/aromatic N) is 2. The van der Waals surface area contributed by atoms with Crippen molar-refractivity contribution in [2.45, 2.75) is 52.2 Å². The molecule has 1 heterocycles. The van der Waals surface area contributed by atoms with E-state index in [1.54, 1.807) is 6.92 Å². The fraction of sp³-hybridized carbons (Fsp3) is 0.625. The number of nitrogens with one attached hydrogen (secondary N) is 1. The van der Waals surface area contributed by atoms with Crippen LogP contribution in [0.15, 0.2) is 18.6 Å². The number of carbonyl (C=O) groups excluding carboxylic acids is 2. The Morgan fingerprint density at radius 1 is 1.32 bits per heavy atom. The van der Waals surface area contributed by atoms with Gasteiger partial charge in [0.15, 0.2) is 11.8 Å². The summed E-state index contributed by atoms with van der Waals surface area (Å²) in [6, 6.07) is 0.147. The van der Waals surface area contributed by atoms with Crippen molar-refractivity contribution in [1.82, 2.24) is 15.3 Å². The van der Waals surface area contributed by atoms with E-state index in [1.807, 2.05) is 0 Å². The van der Waals surface area contributed by atoms with Crippen molar-refractivity contribution in [3.05, 3.63) is 24.3 Å². The first-order valence-corrected chi connectivity index (χ1v) is 7.76. The fourth-order valence-electron chi connectivity index (χ4n) is 2.76. The van der Waals surface area contributed by atoms with Gasteiger partial charge in [0.05, 0.1) is 6.20 Å². The van der Waals surface area contributed by atoms with Crippen molar-refractivity contribution in [3.8, 4) is 0 Å². The Kier molecular flexibility index (Phi) is 5.46. The van der Waals surface area contributed by atoms with Gasteiger partial charge in [-0.3, -0.25) is 9.78 Å². The topological polar surface area (TPSA) is 81.2 Å². The smallest absolute Gasteiger partial charge is 0.359 e. The van der Waals surface area contributed by atoms with Gasteiger partial charge in [-0.1, -0.05) is 26.7 Å². The SMILES string of the molecule is C[C@@H]1[C@@H](C)CCC[C@H]1NC(=O)[C@@H](C)OC(=O)c1cnccn1. The van der Waals surface area contributed by atoms with Gasteiger partial charge in [0.1, 0.15) is 0 Å². The van der Waals surface area contributed by atoms with Gasteiger partial charge in [0, 0.05) is 18.4 Å². The predicted octanol–water partition coefficient (Wildman–Crippen LogP) is 1.96. The molecule has 0 aliphatic heterocycles. The summed E-state index contributed by atoms with van der Waals surface area (Å²) in [4.78, 5) is 31.7. The third-order valence-electron chi connectivity index (χ3n) is 4.46. The van der Waals surface area contributed by atoms with E-state index in [1.165, 1.54) is 25.0 Å². The van der Waals surface area contributed by atoms with Gasteiger partial charge in [0.2, 0.25) is 0 Å². The molecule has 0 radical (unpaired) electrons. The van der Waals surface area contributed by atoms with Crippen LogP contribution < -0.4 is 5.32 Å². The molecule has 1 aromatic heterocycles. The Hall–Kier alpha value is -1.98. The number of aromatic nitrogens is 2. The van der Waals surface area contributed by atoms with Crippen LogP contribution >= 0.6 is 0 Å². The molecule has 1 aromatic rings. The summed E-state index contributed by atoms with van der Waals surface area (Å²) < 4.78 is 5.15. The van der Waals surface area contributed by atoms with Crippen LogP contribution in [0.4, 0.5) is 0 Å². The van der Waals surface area contributed by atoms with Crippen LogP contribution in [0.25, 0.3) is 0 Å². The fourth-order valence-corrected chi connectivity index (χ4v) is 2.76. The number of amides is 1. The maximum atomic E-state index is 12.2. The average molecular weight is 305 g/mol. The lowest BCUT2D eigenvalue weighted by Gasteiger charge is -2.35. The summed E-state index contributed by atoms with van der Waals surface area (Å²) in [6.07, 6.45) is 6.64. The minimum Gasteiger partial charge on any atom is -0.448 e. The van der Waals surface area contributed by atoms with E-state index in [9.17, 15) is 9.59 Å². The predicted molar refractivity (Wildman–Crippen MR) is 81.0 cm³/mol. The Morgan fingerprint density at radius 2 is 2.09 bits per heavy atom. The quantitative estimate of drug-likeness (QED) is 0.860. The molecule has 1 saturated carbocycles. The van der Waals surface area contributed by atoms with Gasteiger partial charge < -0.3 is 10.1 Å². The minimum atomic E-state index is -0.848. The molecule has 1 fully saturated rings. The molecule has 0 saturated heterocycles. The molecule has 0 aromatic carbocycles. The number of rotatable bonds is 4. The van der Waals surface area contributed by atoms with E-state index < -0.39 is 12.1 Å².